The van der Waals surface area contributed by atoms with E-state index in [0.29, 0.717) is 5.56 Å². The Labute approximate surface area is 153 Å². The standard InChI is InChI=1S/C20H23N3O3/c1-4-22(5-2)17-10-11-19(15(3)13-17)21-20(24)12-9-16-7-6-8-18(14-16)23(25)26/h6-14H,4-5H2,1-3H3,(H,21,24)/b12-9+. The van der Waals surface area contributed by atoms with E-state index in [2.05, 4.69) is 24.1 Å². The number of nitro benzene ring substituents is 1. The van der Waals surface area contributed by atoms with Crippen molar-refractivity contribution in [3.05, 3.63) is 69.8 Å². The van der Waals surface area contributed by atoms with Crippen LogP contribution in [0, 0.1) is 17.0 Å². The second kappa shape index (κ2) is 8.80. The number of carbonyl (C=O) groups is 1. The van der Waals surface area contributed by atoms with Gasteiger partial charge in [-0.05, 0) is 56.2 Å². The zero-order valence-electron chi connectivity index (χ0n) is 15.2. The van der Waals surface area contributed by atoms with Crippen molar-refractivity contribution >= 4 is 29.0 Å². The minimum absolute atomic E-state index is 0.00426. The van der Waals surface area contributed by atoms with Crippen LogP contribution in [0.15, 0.2) is 48.5 Å². The summed E-state index contributed by atoms with van der Waals surface area (Å²) in [4.78, 5) is 24.7. The van der Waals surface area contributed by atoms with Gasteiger partial charge in [0.05, 0.1) is 4.92 Å². The molecule has 0 aromatic heterocycles. The molecule has 1 N–H and O–H groups in total. The summed E-state index contributed by atoms with van der Waals surface area (Å²) in [5.74, 6) is -0.282. The predicted octanol–water partition coefficient (Wildman–Crippen LogP) is 4.40. The highest BCUT2D eigenvalue weighted by Gasteiger charge is 2.07. The average molecular weight is 353 g/mol. The lowest BCUT2D eigenvalue weighted by atomic mass is 10.1. The second-order valence-corrected chi connectivity index (χ2v) is 5.85. The number of carbonyl (C=O) groups excluding carboxylic acids is 1. The van der Waals surface area contributed by atoms with Gasteiger partial charge >= 0.3 is 0 Å². The Balaban J connectivity index is 2.08. The minimum atomic E-state index is -0.460. The van der Waals surface area contributed by atoms with Crippen LogP contribution in [0.25, 0.3) is 6.08 Å². The average Bonchev–Trinajstić information content (AvgIpc) is 2.63. The van der Waals surface area contributed by atoms with Crippen molar-refractivity contribution in [1.82, 2.24) is 0 Å². The van der Waals surface area contributed by atoms with Gasteiger partial charge in [0.2, 0.25) is 5.91 Å². The maximum atomic E-state index is 12.1. The number of anilines is 2. The molecule has 2 rings (SSSR count). The molecule has 0 saturated carbocycles. The molecule has 2 aromatic carbocycles. The Kier molecular flexibility index (Phi) is 6.49. The summed E-state index contributed by atoms with van der Waals surface area (Å²) < 4.78 is 0. The van der Waals surface area contributed by atoms with Gasteiger partial charge in [0, 0.05) is 42.7 Å². The van der Waals surface area contributed by atoms with Gasteiger partial charge in [-0.1, -0.05) is 12.1 Å². The van der Waals surface area contributed by atoms with Crippen LogP contribution in [0.4, 0.5) is 17.1 Å². The Morgan fingerprint density at radius 1 is 1.19 bits per heavy atom. The third-order valence-electron chi connectivity index (χ3n) is 4.10. The minimum Gasteiger partial charge on any atom is -0.372 e. The molecule has 0 unspecified atom stereocenters. The predicted molar refractivity (Wildman–Crippen MR) is 106 cm³/mol. The SMILES string of the molecule is CCN(CC)c1ccc(NC(=O)/C=C/c2cccc([N+](=O)[O-])c2)c(C)c1. The van der Waals surface area contributed by atoms with E-state index in [1.54, 1.807) is 18.2 Å². The molecule has 0 aliphatic rings. The van der Waals surface area contributed by atoms with Crippen LogP contribution in [0.5, 0.6) is 0 Å². The van der Waals surface area contributed by atoms with E-state index in [1.165, 1.54) is 18.2 Å². The number of nitro groups is 1. The van der Waals surface area contributed by atoms with E-state index in [9.17, 15) is 14.9 Å². The first-order valence-corrected chi connectivity index (χ1v) is 8.53. The van der Waals surface area contributed by atoms with Crippen LogP contribution in [-0.4, -0.2) is 23.9 Å². The fourth-order valence-electron chi connectivity index (χ4n) is 2.66. The number of non-ortho nitro benzene ring substituents is 1. The quantitative estimate of drug-likeness (QED) is 0.455. The number of hydrogen-bond donors (Lipinski definition) is 1. The summed E-state index contributed by atoms with van der Waals surface area (Å²) in [5.41, 5.74) is 3.44. The van der Waals surface area contributed by atoms with Gasteiger partial charge < -0.3 is 10.2 Å². The first-order chi connectivity index (χ1) is 12.4. The Morgan fingerprint density at radius 3 is 2.54 bits per heavy atom. The van der Waals surface area contributed by atoms with E-state index in [-0.39, 0.29) is 11.6 Å². The van der Waals surface area contributed by atoms with Crippen LogP contribution in [0.3, 0.4) is 0 Å². The number of benzene rings is 2. The molecule has 1 amide bonds. The molecule has 0 bridgehead atoms. The number of nitrogens with zero attached hydrogens (tertiary/aromatic N) is 2. The van der Waals surface area contributed by atoms with Crippen molar-refractivity contribution in [3.63, 3.8) is 0 Å². The number of amides is 1. The lowest BCUT2D eigenvalue weighted by Crippen LogP contribution is -2.22. The highest BCUT2D eigenvalue weighted by molar-refractivity contribution is 6.02. The largest absolute Gasteiger partial charge is 0.372 e. The molecule has 0 fully saturated rings. The van der Waals surface area contributed by atoms with Gasteiger partial charge in [-0.25, -0.2) is 0 Å². The molecule has 6 nitrogen and oxygen atoms in total. The molecule has 0 heterocycles. The Bertz CT molecular complexity index is 827. The Hall–Kier alpha value is -3.15. The molecule has 0 aliphatic carbocycles. The van der Waals surface area contributed by atoms with Crippen molar-refractivity contribution in [2.24, 2.45) is 0 Å². The molecule has 6 heteroatoms. The summed E-state index contributed by atoms with van der Waals surface area (Å²) >= 11 is 0. The molecule has 0 saturated heterocycles. The molecule has 136 valence electrons. The maximum absolute atomic E-state index is 12.1. The highest BCUT2D eigenvalue weighted by Crippen LogP contribution is 2.23. The van der Waals surface area contributed by atoms with E-state index < -0.39 is 4.92 Å². The Morgan fingerprint density at radius 2 is 1.92 bits per heavy atom. The summed E-state index contributed by atoms with van der Waals surface area (Å²) in [6.07, 6.45) is 2.93. The highest BCUT2D eigenvalue weighted by atomic mass is 16.6. The van der Waals surface area contributed by atoms with Crippen molar-refractivity contribution < 1.29 is 9.72 Å². The molecular weight excluding hydrogens is 330 g/mol. The molecule has 2 aromatic rings. The normalized spacial score (nSPS) is 10.7. The van der Waals surface area contributed by atoms with Crippen LogP contribution < -0.4 is 10.2 Å². The van der Waals surface area contributed by atoms with Crippen LogP contribution in [0.1, 0.15) is 25.0 Å². The third-order valence-corrected chi connectivity index (χ3v) is 4.10. The van der Waals surface area contributed by atoms with Gasteiger partial charge in [-0.3, -0.25) is 14.9 Å². The topological polar surface area (TPSA) is 75.5 Å². The van der Waals surface area contributed by atoms with E-state index in [4.69, 9.17) is 0 Å². The van der Waals surface area contributed by atoms with Crippen molar-refractivity contribution in [1.29, 1.82) is 0 Å². The lowest BCUT2D eigenvalue weighted by molar-refractivity contribution is -0.384. The van der Waals surface area contributed by atoms with Crippen LogP contribution >= 0.6 is 0 Å². The smallest absolute Gasteiger partial charge is 0.270 e. The molecular formula is C20H23N3O3. The third kappa shape index (κ3) is 4.92. The first kappa shape index (κ1) is 19.2. The molecule has 0 atom stereocenters. The van der Waals surface area contributed by atoms with Crippen molar-refractivity contribution in [2.45, 2.75) is 20.8 Å². The van der Waals surface area contributed by atoms with E-state index >= 15 is 0 Å². The van der Waals surface area contributed by atoms with E-state index in [1.807, 2.05) is 25.1 Å². The van der Waals surface area contributed by atoms with Crippen LogP contribution in [-0.2, 0) is 4.79 Å². The number of aryl methyl sites for hydroxylation is 1. The van der Waals surface area contributed by atoms with Crippen molar-refractivity contribution in [3.8, 4) is 0 Å². The molecule has 0 spiro atoms. The molecule has 0 aliphatic heterocycles. The van der Waals surface area contributed by atoms with Crippen molar-refractivity contribution in [2.75, 3.05) is 23.3 Å². The molecule has 0 radical (unpaired) electrons. The first-order valence-electron chi connectivity index (χ1n) is 8.53. The van der Waals surface area contributed by atoms with Gasteiger partial charge in [-0.15, -0.1) is 0 Å². The fraction of sp³-hybridized carbons (Fsp3) is 0.250. The van der Waals surface area contributed by atoms with Gasteiger partial charge in [0.15, 0.2) is 0 Å². The van der Waals surface area contributed by atoms with Gasteiger partial charge in [0.1, 0.15) is 0 Å². The number of rotatable bonds is 7. The summed E-state index contributed by atoms with van der Waals surface area (Å²) in [5, 5.41) is 13.6. The summed E-state index contributed by atoms with van der Waals surface area (Å²) in [6.45, 7) is 8.01. The number of nitrogens with one attached hydrogen (secondary N) is 1. The maximum Gasteiger partial charge on any atom is 0.270 e. The van der Waals surface area contributed by atoms with Crippen LogP contribution in [0.2, 0.25) is 0 Å². The van der Waals surface area contributed by atoms with Gasteiger partial charge in [-0.2, -0.15) is 0 Å². The summed E-state index contributed by atoms with van der Waals surface area (Å²) in [7, 11) is 0. The number of hydrogen-bond acceptors (Lipinski definition) is 4. The monoisotopic (exact) mass is 353 g/mol. The zero-order chi connectivity index (χ0) is 19.1. The molecule has 26 heavy (non-hydrogen) atoms. The van der Waals surface area contributed by atoms with Gasteiger partial charge in [0.25, 0.3) is 5.69 Å². The zero-order valence-corrected chi connectivity index (χ0v) is 15.2. The summed E-state index contributed by atoms with van der Waals surface area (Å²) in [6, 6.07) is 12.1. The fourth-order valence-corrected chi connectivity index (χ4v) is 2.66. The van der Waals surface area contributed by atoms with E-state index in [0.717, 1.165) is 30.0 Å². The second-order valence-electron chi connectivity index (χ2n) is 5.85. The lowest BCUT2D eigenvalue weighted by Gasteiger charge is -2.22.